The molecule has 1 fully saturated rings. The highest BCUT2D eigenvalue weighted by Crippen LogP contribution is 2.29. The molecule has 0 aliphatic carbocycles. The molecule has 1 aliphatic heterocycles. The predicted molar refractivity (Wildman–Crippen MR) is 80.6 cm³/mol. The van der Waals surface area contributed by atoms with Gasteiger partial charge >= 0.3 is 0 Å². The summed E-state index contributed by atoms with van der Waals surface area (Å²) in [7, 11) is 0. The van der Waals surface area contributed by atoms with E-state index in [0.717, 1.165) is 38.5 Å². The second-order valence-corrected chi connectivity index (χ2v) is 6.92. The zero-order chi connectivity index (χ0) is 14.8. The lowest BCUT2D eigenvalue weighted by Crippen LogP contribution is -2.56. The Morgan fingerprint density at radius 3 is 2.45 bits per heavy atom. The standard InChI is InChI=1S/C16H28N2O2/c1-6-17-9-14-13(7-8-19-14)10-18-11-15(2,3)20-16(4,5)12-18/h7-8,17H,6,9-12H2,1-5H3. The van der Waals surface area contributed by atoms with Crippen molar-refractivity contribution >= 4 is 0 Å². The molecule has 0 spiro atoms. The van der Waals surface area contributed by atoms with Gasteiger partial charge in [-0.05, 0) is 40.3 Å². The summed E-state index contributed by atoms with van der Waals surface area (Å²) in [5.41, 5.74) is 1.07. The molecule has 1 aromatic rings. The summed E-state index contributed by atoms with van der Waals surface area (Å²) in [5.74, 6) is 1.05. The van der Waals surface area contributed by atoms with E-state index in [1.165, 1.54) is 5.56 Å². The molecule has 1 aromatic heterocycles. The van der Waals surface area contributed by atoms with E-state index in [9.17, 15) is 0 Å². The van der Waals surface area contributed by atoms with Crippen molar-refractivity contribution in [3.63, 3.8) is 0 Å². The molecule has 0 atom stereocenters. The summed E-state index contributed by atoms with van der Waals surface area (Å²) >= 11 is 0. The molecular weight excluding hydrogens is 252 g/mol. The Morgan fingerprint density at radius 2 is 1.85 bits per heavy atom. The lowest BCUT2D eigenvalue weighted by Gasteiger charge is -2.47. The Kier molecular flexibility index (Phi) is 4.57. The van der Waals surface area contributed by atoms with Crippen LogP contribution < -0.4 is 5.32 Å². The Bertz CT molecular complexity index is 421. The second kappa shape index (κ2) is 5.88. The Balaban J connectivity index is 2.04. The summed E-state index contributed by atoms with van der Waals surface area (Å²) in [6, 6.07) is 2.09. The third kappa shape index (κ3) is 4.08. The highest BCUT2D eigenvalue weighted by atomic mass is 16.5. The fourth-order valence-electron chi connectivity index (χ4n) is 3.20. The lowest BCUT2D eigenvalue weighted by atomic mass is 9.98. The van der Waals surface area contributed by atoms with E-state index < -0.39 is 0 Å². The van der Waals surface area contributed by atoms with E-state index in [2.05, 4.69) is 50.9 Å². The molecule has 2 heterocycles. The van der Waals surface area contributed by atoms with Gasteiger partial charge in [-0.2, -0.15) is 0 Å². The maximum atomic E-state index is 6.13. The van der Waals surface area contributed by atoms with Crippen LogP contribution in [0.3, 0.4) is 0 Å². The van der Waals surface area contributed by atoms with Crippen LogP contribution in [0.2, 0.25) is 0 Å². The number of furan rings is 1. The first-order valence-corrected chi connectivity index (χ1v) is 7.50. The molecule has 114 valence electrons. The van der Waals surface area contributed by atoms with Crippen LogP contribution in [0.4, 0.5) is 0 Å². The van der Waals surface area contributed by atoms with Gasteiger partial charge in [0, 0.05) is 25.2 Å². The first-order chi connectivity index (χ1) is 9.31. The van der Waals surface area contributed by atoms with Crippen molar-refractivity contribution in [2.45, 2.75) is 58.9 Å². The topological polar surface area (TPSA) is 37.6 Å². The van der Waals surface area contributed by atoms with Crippen LogP contribution in [-0.2, 0) is 17.8 Å². The highest BCUT2D eigenvalue weighted by Gasteiger charge is 2.38. The van der Waals surface area contributed by atoms with Gasteiger partial charge in [-0.25, -0.2) is 0 Å². The van der Waals surface area contributed by atoms with Gasteiger partial charge in [-0.3, -0.25) is 4.90 Å². The van der Waals surface area contributed by atoms with Crippen molar-refractivity contribution in [1.29, 1.82) is 0 Å². The zero-order valence-electron chi connectivity index (χ0n) is 13.5. The van der Waals surface area contributed by atoms with Crippen molar-refractivity contribution in [1.82, 2.24) is 10.2 Å². The Morgan fingerprint density at radius 1 is 1.20 bits per heavy atom. The van der Waals surface area contributed by atoms with Crippen LogP contribution in [0.15, 0.2) is 16.7 Å². The second-order valence-electron chi connectivity index (χ2n) is 6.92. The van der Waals surface area contributed by atoms with Crippen LogP contribution in [0.25, 0.3) is 0 Å². The Labute approximate surface area is 122 Å². The van der Waals surface area contributed by atoms with E-state index in [-0.39, 0.29) is 11.2 Å². The average molecular weight is 280 g/mol. The van der Waals surface area contributed by atoms with Crippen molar-refractivity contribution < 1.29 is 9.15 Å². The van der Waals surface area contributed by atoms with E-state index >= 15 is 0 Å². The monoisotopic (exact) mass is 280 g/mol. The first-order valence-electron chi connectivity index (χ1n) is 7.50. The number of nitrogens with zero attached hydrogens (tertiary/aromatic N) is 1. The summed E-state index contributed by atoms with van der Waals surface area (Å²) < 4.78 is 11.7. The molecule has 1 aliphatic rings. The first kappa shape index (κ1) is 15.5. The summed E-state index contributed by atoms with van der Waals surface area (Å²) in [6.07, 6.45) is 1.79. The van der Waals surface area contributed by atoms with Crippen molar-refractivity contribution in [2.24, 2.45) is 0 Å². The minimum atomic E-state index is -0.104. The molecule has 4 nitrogen and oxygen atoms in total. The van der Waals surface area contributed by atoms with E-state index in [1.54, 1.807) is 6.26 Å². The third-order valence-corrected chi connectivity index (χ3v) is 3.53. The van der Waals surface area contributed by atoms with Gasteiger partial charge in [-0.15, -0.1) is 0 Å². The van der Waals surface area contributed by atoms with Crippen LogP contribution in [0.1, 0.15) is 45.9 Å². The smallest absolute Gasteiger partial charge is 0.122 e. The fourth-order valence-corrected chi connectivity index (χ4v) is 3.20. The molecule has 1 N–H and O–H groups in total. The molecule has 1 saturated heterocycles. The molecule has 2 rings (SSSR count). The quantitative estimate of drug-likeness (QED) is 0.900. The molecule has 0 bridgehead atoms. The molecule has 4 heteroatoms. The van der Waals surface area contributed by atoms with E-state index in [0.29, 0.717) is 0 Å². The summed E-state index contributed by atoms with van der Waals surface area (Å²) in [5, 5.41) is 3.32. The van der Waals surface area contributed by atoms with Gasteiger partial charge in [0.2, 0.25) is 0 Å². The van der Waals surface area contributed by atoms with E-state index in [4.69, 9.17) is 9.15 Å². The lowest BCUT2D eigenvalue weighted by molar-refractivity contribution is -0.182. The summed E-state index contributed by atoms with van der Waals surface area (Å²) in [4.78, 5) is 2.46. The predicted octanol–water partition coefficient (Wildman–Crippen LogP) is 2.78. The number of rotatable bonds is 5. The number of hydrogen-bond donors (Lipinski definition) is 1. The van der Waals surface area contributed by atoms with Gasteiger partial charge < -0.3 is 14.5 Å². The summed E-state index contributed by atoms with van der Waals surface area (Å²) in [6.45, 7) is 15.3. The average Bonchev–Trinajstić information content (AvgIpc) is 2.69. The van der Waals surface area contributed by atoms with Gasteiger partial charge in [0.25, 0.3) is 0 Å². The molecular formula is C16H28N2O2. The zero-order valence-corrected chi connectivity index (χ0v) is 13.5. The molecule has 0 saturated carbocycles. The molecule has 0 aromatic carbocycles. The third-order valence-electron chi connectivity index (χ3n) is 3.53. The van der Waals surface area contributed by atoms with Gasteiger partial charge in [0.1, 0.15) is 5.76 Å². The molecule has 0 amide bonds. The van der Waals surface area contributed by atoms with Crippen molar-refractivity contribution in [2.75, 3.05) is 19.6 Å². The van der Waals surface area contributed by atoms with Crippen LogP contribution >= 0.6 is 0 Å². The Hall–Kier alpha value is -0.840. The van der Waals surface area contributed by atoms with Crippen LogP contribution in [0.5, 0.6) is 0 Å². The molecule has 20 heavy (non-hydrogen) atoms. The number of ether oxygens (including phenoxy) is 1. The molecule has 0 radical (unpaired) electrons. The van der Waals surface area contributed by atoms with Crippen molar-refractivity contribution in [3.05, 3.63) is 23.7 Å². The number of morpholine rings is 1. The number of nitrogens with one attached hydrogen (secondary N) is 1. The van der Waals surface area contributed by atoms with Crippen LogP contribution in [0, 0.1) is 0 Å². The minimum absolute atomic E-state index is 0.104. The normalized spacial score (nSPS) is 22.1. The SMILES string of the molecule is CCNCc1occc1CN1CC(C)(C)OC(C)(C)C1. The van der Waals surface area contributed by atoms with Crippen LogP contribution in [-0.4, -0.2) is 35.7 Å². The van der Waals surface area contributed by atoms with Gasteiger partial charge in [0.05, 0.1) is 24.0 Å². The van der Waals surface area contributed by atoms with Gasteiger partial charge in [0.15, 0.2) is 0 Å². The largest absolute Gasteiger partial charge is 0.468 e. The van der Waals surface area contributed by atoms with E-state index in [1.807, 2.05) is 0 Å². The molecule has 0 unspecified atom stereocenters. The maximum absolute atomic E-state index is 6.13. The minimum Gasteiger partial charge on any atom is -0.468 e. The highest BCUT2D eigenvalue weighted by molar-refractivity contribution is 5.17. The van der Waals surface area contributed by atoms with Crippen molar-refractivity contribution in [3.8, 4) is 0 Å². The number of hydrogen-bond acceptors (Lipinski definition) is 4. The van der Waals surface area contributed by atoms with Gasteiger partial charge in [-0.1, -0.05) is 6.92 Å². The fraction of sp³-hybridized carbons (Fsp3) is 0.750. The maximum Gasteiger partial charge on any atom is 0.122 e.